The van der Waals surface area contributed by atoms with E-state index in [0.29, 0.717) is 24.5 Å². The zero-order valence-corrected chi connectivity index (χ0v) is 12.1. The van der Waals surface area contributed by atoms with Crippen molar-refractivity contribution in [3.05, 3.63) is 30.4 Å². The normalized spacial score (nSPS) is 16.4. The molecule has 1 aliphatic rings. The Morgan fingerprint density at radius 3 is 2.95 bits per heavy atom. The number of hydrogen-bond acceptors (Lipinski definition) is 5. The van der Waals surface area contributed by atoms with E-state index in [4.69, 9.17) is 9.47 Å². The molecule has 0 saturated carbocycles. The number of carbonyl (C=O) groups is 1. The average Bonchev–Trinajstić information content (AvgIpc) is 2.71. The van der Waals surface area contributed by atoms with Crippen LogP contribution in [0.4, 0.5) is 11.4 Å². The SMILES string of the molecule is C=CCOc1cc(C(=O)OCC)cc2c1N(C)C(C)N2. The van der Waals surface area contributed by atoms with Gasteiger partial charge in [0.25, 0.3) is 0 Å². The van der Waals surface area contributed by atoms with Gasteiger partial charge in [-0.05, 0) is 26.0 Å². The van der Waals surface area contributed by atoms with Crippen LogP contribution in [0.2, 0.25) is 0 Å². The molecule has 0 aliphatic carbocycles. The summed E-state index contributed by atoms with van der Waals surface area (Å²) in [5.74, 6) is 0.313. The molecule has 0 saturated heterocycles. The lowest BCUT2D eigenvalue weighted by Gasteiger charge is -2.20. The molecule has 1 heterocycles. The lowest BCUT2D eigenvalue weighted by atomic mass is 10.1. The van der Waals surface area contributed by atoms with Crippen LogP contribution < -0.4 is 15.0 Å². The summed E-state index contributed by atoms with van der Waals surface area (Å²) in [6.45, 7) is 8.21. The highest BCUT2D eigenvalue weighted by Crippen LogP contribution is 2.42. The van der Waals surface area contributed by atoms with Crippen molar-refractivity contribution in [3.8, 4) is 5.75 Å². The summed E-state index contributed by atoms with van der Waals surface area (Å²) in [5, 5.41) is 3.31. The van der Waals surface area contributed by atoms with E-state index in [1.165, 1.54) is 0 Å². The van der Waals surface area contributed by atoms with Crippen molar-refractivity contribution < 1.29 is 14.3 Å². The van der Waals surface area contributed by atoms with Crippen molar-refractivity contribution in [2.75, 3.05) is 30.5 Å². The van der Waals surface area contributed by atoms with Gasteiger partial charge in [-0.3, -0.25) is 0 Å². The van der Waals surface area contributed by atoms with Gasteiger partial charge >= 0.3 is 5.97 Å². The van der Waals surface area contributed by atoms with Crippen LogP contribution in [0.5, 0.6) is 5.75 Å². The summed E-state index contributed by atoms with van der Waals surface area (Å²) in [5.41, 5.74) is 2.32. The van der Waals surface area contributed by atoms with Gasteiger partial charge in [0.05, 0.1) is 24.0 Å². The van der Waals surface area contributed by atoms with E-state index in [1.807, 2.05) is 14.0 Å². The summed E-state index contributed by atoms with van der Waals surface area (Å²) < 4.78 is 10.7. The lowest BCUT2D eigenvalue weighted by Crippen LogP contribution is -2.28. The Bertz CT molecular complexity index is 528. The molecule has 1 aromatic rings. The average molecular weight is 276 g/mol. The minimum Gasteiger partial charge on any atom is -0.487 e. The molecule has 1 N–H and O–H groups in total. The van der Waals surface area contributed by atoms with Crippen molar-refractivity contribution in [1.29, 1.82) is 0 Å². The van der Waals surface area contributed by atoms with Gasteiger partial charge in [-0.15, -0.1) is 0 Å². The first-order chi connectivity index (χ1) is 9.58. The first-order valence-electron chi connectivity index (χ1n) is 6.66. The number of anilines is 2. The molecule has 5 heteroatoms. The Balaban J connectivity index is 2.42. The smallest absolute Gasteiger partial charge is 0.338 e. The molecule has 20 heavy (non-hydrogen) atoms. The van der Waals surface area contributed by atoms with Gasteiger partial charge in [-0.25, -0.2) is 4.79 Å². The van der Waals surface area contributed by atoms with Gasteiger partial charge in [0.15, 0.2) is 0 Å². The van der Waals surface area contributed by atoms with E-state index in [0.717, 1.165) is 11.4 Å². The Labute approximate surface area is 119 Å². The van der Waals surface area contributed by atoms with Gasteiger partial charge in [0.1, 0.15) is 18.0 Å². The minimum atomic E-state index is -0.345. The van der Waals surface area contributed by atoms with E-state index in [9.17, 15) is 4.79 Å². The molecule has 0 spiro atoms. The fourth-order valence-electron chi connectivity index (χ4n) is 2.19. The highest BCUT2D eigenvalue weighted by Gasteiger charge is 2.28. The van der Waals surface area contributed by atoms with E-state index >= 15 is 0 Å². The third kappa shape index (κ3) is 2.57. The summed E-state index contributed by atoms with van der Waals surface area (Å²) >= 11 is 0. The second kappa shape index (κ2) is 5.86. The van der Waals surface area contributed by atoms with E-state index in [-0.39, 0.29) is 12.1 Å². The van der Waals surface area contributed by atoms with Gasteiger partial charge < -0.3 is 19.7 Å². The molecule has 0 aromatic heterocycles. The number of esters is 1. The molecule has 1 atom stereocenters. The maximum Gasteiger partial charge on any atom is 0.338 e. The van der Waals surface area contributed by atoms with Crippen LogP contribution in [-0.4, -0.2) is 32.4 Å². The fraction of sp³-hybridized carbons (Fsp3) is 0.400. The Morgan fingerprint density at radius 2 is 2.30 bits per heavy atom. The fourth-order valence-corrected chi connectivity index (χ4v) is 2.19. The number of hydrogen-bond donors (Lipinski definition) is 1. The molecular formula is C15H20N2O3. The highest BCUT2D eigenvalue weighted by molar-refractivity contribution is 5.95. The molecule has 0 bridgehead atoms. The van der Waals surface area contributed by atoms with E-state index in [2.05, 4.69) is 16.8 Å². The highest BCUT2D eigenvalue weighted by atomic mass is 16.5. The van der Waals surface area contributed by atoms with Crippen molar-refractivity contribution in [3.63, 3.8) is 0 Å². The predicted octanol–water partition coefficient (Wildman–Crippen LogP) is 2.64. The molecule has 108 valence electrons. The van der Waals surface area contributed by atoms with Crippen molar-refractivity contribution in [2.45, 2.75) is 20.0 Å². The van der Waals surface area contributed by atoms with Gasteiger partial charge in [-0.2, -0.15) is 0 Å². The van der Waals surface area contributed by atoms with Crippen LogP contribution in [0.1, 0.15) is 24.2 Å². The van der Waals surface area contributed by atoms with E-state index in [1.54, 1.807) is 25.1 Å². The Morgan fingerprint density at radius 1 is 1.55 bits per heavy atom. The standard InChI is InChI=1S/C15H20N2O3/c1-5-7-20-13-9-11(15(18)19-6-2)8-12-14(13)17(4)10(3)16-12/h5,8-10,16H,1,6-7H2,2-4H3. The summed E-state index contributed by atoms with van der Waals surface area (Å²) in [4.78, 5) is 14.0. The molecule has 0 fully saturated rings. The van der Waals surface area contributed by atoms with Gasteiger partial charge in [-0.1, -0.05) is 12.7 Å². The van der Waals surface area contributed by atoms with Crippen LogP contribution in [-0.2, 0) is 4.74 Å². The van der Waals surface area contributed by atoms with E-state index < -0.39 is 0 Å². The maximum atomic E-state index is 11.9. The van der Waals surface area contributed by atoms with Gasteiger partial charge in [0, 0.05) is 7.05 Å². The number of nitrogens with zero attached hydrogens (tertiary/aromatic N) is 1. The largest absolute Gasteiger partial charge is 0.487 e. The summed E-state index contributed by atoms with van der Waals surface area (Å²) in [7, 11) is 1.98. The van der Waals surface area contributed by atoms with Crippen LogP contribution in [0.25, 0.3) is 0 Å². The summed E-state index contributed by atoms with van der Waals surface area (Å²) in [6, 6.07) is 3.52. The Kier molecular flexibility index (Phi) is 4.17. The first kappa shape index (κ1) is 14.2. The quantitative estimate of drug-likeness (QED) is 0.662. The molecule has 1 aliphatic heterocycles. The number of nitrogens with one attached hydrogen (secondary N) is 1. The zero-order chi connectivity index (χ0) is 14.7. The lowest BCUT2D eigenvalue weighted by molar-refractivity contribution is 0.0526. The number of carbonyl (C=O) groups excluding carboxylic acids is 1. The van der Waals surface area contributed by atoms with Crippen LogP contribution in [0.3, 0.4) is 0 Å². The second-order valence-corrected chi connectivity index (χ2v) is 4.62. The van der Waals surface area contributed by atoms with Crippen molar-refractivity contribution in [1.82, 2.24) is 0 Å². The molecule has 0 amide bonds. The third-order valence-electron chi connectivity index (χ3n) is 3.24. The molecule has 2 rings (SSSR count). The first-order valence-corrected chi connectivity index (χ1v) is 6.66. The number of rotatable bonds is 5. The monoisotopic (exact) mass is 276 g/mol. The maximum absolute atomic E-state index is 11.9. The molecule has 0 radical (unpaired) electrons. The number of ether oxygens (including phenoxy) is 2. The van der Waals surface area contributed by atoms with Crippen LogP contribution >= 0.6 is 0 Å². The Hall–Kier alpha value is -2.17. The van der Waals surface area contributed by atoms with Crippen LogP contribution in [0.15, 0.2) is 24.8 Å². The topological polar surface area (TPSA) is 50.8 Å². The molecular weight excluding hydrogens is 256 g/mol. The number of benzene rings is 1. The zero-order valence-electron chi connectivity index (χ0n) is 12.1. The number of fused-ring (bicyclic) bond motifs is 1. The second-order valence-electron chi connectivity index (χ2n) is 4.62. The minimum absolute atomic E-state index is 0.147. The summed E-state index contributed by atoms with van der Waals surface area (Å²) in [6.07, 6.45) is 1.82. The van der Waals surface area contributed by atoms with Crippen molar-refractivity contribution >= 4 is 17.3 Å². The van der Waals surface area contributed by atoms with Crippen molar-refractivity contribution in [2.24, 2.45) is 0 Å². The van der Waals surface area contributed by atoms with Gasteiger partial charge in [0.2, 0.25) is 0 Å². The third-order valence-corrected chi connectivity index (χ3v) is 3.24. The van der Waals surface area contributed by atoms with Crippen LogP contribution in [0, 0.1) is 0 Å². The molecule has 5 nitrogen and oxygen atoms in total. The molecule has 1 aromatic carbocycles. The predicted molar refractivity (Wildman–Crippen MR) is 79.6 cm³/mol. The molecule has 1 unspecified atom stereocenters.